The summed E-state index contributed by atoms with van der Waals surface area (Å²) < 4.78 is 26.8. The summed E-state index contributed by atoms with van der Waals surface area (Å²) >= 11 is 2.94. The Morgan fingerprint density at radius 1 is 1.19 bits per heavy atom. The summed E-state index contributed by atoms with van der Waals surface area (Å²) in [6.07, 6.45) is 2.06. The lowest BCUT2D eigenvalue weighted by molar-refractivity contribution is 0.516. The van der Waals surface area contributed by atoms with Crippen LogP contribution in [-0.4, -0.2) is 6.54 Å². The zero-order valence-electron chi connectivity index (χ0n) is 9.49. The van der Waals surface area contributed by atoms with Gasteiger partial charge in [-0.25, -0.2) is 8.78 Å². The molecule has 1 rings (SSSR count). The largest absolute Gasteiger partial charge is 0.382 e. The molecule has 1 nitrogen and oxygen atoms in total. The summed E-state index contributed by atoms with van der Waals surface area (Å²) in [6, 6.07) is 2.33. The van der Waals surface area contributed by atoms with Crippen molar-refractivity contribution in [3.63, 3.8) is 0 Å². The monoisotopic (exact) mass is 291 g/mol. The molecule has 0 fully saturated rings. The van der Waals surface area contributed by atoms with Crippen molar-refractivity contribution in [3.05, 3.63) is 28.2 Å². The van der Waals surface area contributed by atoms with Crippen LogP contribution in [0.25, 0.3) is 0 Å². The second kappa shape index (κ2) is 6.18. The topological polar surface area (TPSA) is 12.0 Å². The Labute approximate surface area is 103 Å². The highest BCUT2D eigenvalue weighted by Crippen LogP contribution is 2.23. The lowest BCUT2D eigenvalue weighted by Gasteiger charge is -2.15. The third kappa shape index (κ3) is 3.44. The van der Waals surface area contributed by atoms with Gasteiger partial charge in [0.25, 0.3) is 0 Å². The van der Waals surface area contributed by atoms with E-state index in [0.717, 1.165) is 18.9 Å². The zero-order valence-corrected chi connectivity index (χ0v) is 11.1. The van der Waals surface area contributed by atoms with E-state index in [2.05, 4.69) is 35.1 Å². The van der Waals surface area contributed by atoms with Gasteiger partial charge in [0.2, 0.25) is 0 Å². The molecule has 0 heterocycles. The van der Waals surface area contributed by atoms with Crippen LogP contribution in [0.1, 0.15) is 26.7 Å². The molecule has 0 atom stereocenters. The molecular formula is C12H16BrF2N. The smallest absolute Gasteiger partial charge is 0.147 e. The van der Waals surface area contributed by atoms with Crippen LogP contribution in [0.4, 0.5) is 14.5 Å². The molecule has 0 radical (unpaired) electrons. The van der Waals surface area contributed by atoms with Gasteiger partial charge in [0.1, 0.15) is 11.6 Å². The summed E-state index contributed by atoms with van der Waals surface area (Å²) in [5.41, 5.74) is 0.229. The Balaban J connectivity index is 2.70. The fourth-order valence-electron chi connectivity index (χ4n) is 1.49. The van der Waals surface area contributed by atoms with E-state index < -0.39 is 11.6 Å². The SMILES string of the molecule is CCC(CC)CNc1cc(F)c(Br)cc1F. The van der Waals surface area contributed by atoms with E-state index in [0.29, 0.717) is 12.5 Å². The Morgan fingerprint density at radius 2 is 1.81 bits per heavy atom. The first-order valence-corrected chi connectivity index (χ1v) is 6.26. The second-order valence-electron chi connectivity index (χ2n) is 3.81. The maximum absolute atomic E-state index is 13.4. The number of hydrogen-bond donors (Lipinski definition) is 1. The van der Waals surface area contributed by atoms with Crippen molar-refractivity contribution >= 4 is 21.6 Å². The molecule has 0 amide bonds. The van der Waals surface area contributed by atoms with Crippen LogP contribution in [0.5, 0.6) is 0 Å². The number of nitrogens with one attached hydrogen (secondary N) is 1. The molecule has 0 saturated heterocycles. The highest BCUT2D eigenvalue weighted by molar-refractivity contribution is 9.10. The van der Waals surface area contributed by atoms with Crippen molar-refractivity contribution in [3.8, 4) is 0 Å². The van der Waals surface area contributed by atoms with Crippen LogP contribution in [-0.2, 0) is 0 Å². The summed E-state index contributed by atoms with van der Waals surface area (Å²) in [4.78, 5) is 0. The van der Waals surface area contributed by atoms with Crippen LogP contribution in [0.2, 0.25) is 0 Å². The van der Waals surface area contributed by atoms with Gasteiger partial charge in [-0.2, -0.15) is 0 Å². The van der Waals surface area contributed by atoms with E-state index in [1.807, 2.05) is 0 Å². The molecule has 0 aliphatic heterocycles. The second-order valence-corrected chi connectivity index (χ2v) is 4.66. The minimum Gasteiger partial charge on any atom is -0.382 e. The van der Waals surface area contributed by atoms with Gasteiger partial charge >= 0.3 is 0 Å². The summed E-state index contributed by atoms with van der Waals surface area (Å²) in [6.45, 7) is 4.85. The zero-order chi connectivity index (χ0) is 12.1. The van der Waals surface area contributed by atoms with Crippen LogP contribution < -0.4 is 5.32 Å². The highest BCUT2D eigenvalue weighted by Gasteiger charge is 2.09. The lowest BCUT2D eigenvalue weighted by Crippen LogP contribution is -2.13. The van der Waals surface area contributed by atoms with E-state index in [1.165, 1.54) is 6.07 Å². The lowest BCUT2D eigenvalue weighted by atomic mass is 10.0. The number of rotatable bonds is 5. The normalized spacial score (nSPS) is 10.9. The Kier molecular flexibility index (Phi) is 5.19. The Bertz CT molecular complexity index is 351. The minimum atomic E-state index is -0.451. The summed E-state index contributed by atoms with van der Waals surface area (Å²) in [5, 5.41) is 2.95. The highest BCUT2D eigenvalue weighted by atomic mass is 79.9. The van der Waals surface area contributed by atoms with Gasteiger partial charge in [0, 0.05) is 12.6 Å². The van der Waals surface area contributed by atoms with Gasteiger partial charge in [-0.3, -0.25) is 0 Å². The molecule has 0 saturated carbocycles. The minimum absolute atomic E-state index is 0.151. The first kappa shape index (κ1) is 13.4. The molecule has 0 aliphatic rings. The molecule has 1 N–H and O–H groups in total. The van der Waals surface area contributed by atoms with Crippen LogP contribution >= 0.6 is 15.9 Å². The predicted molar refractivity (Wildman–Crippen MR) is 66.6 cm³/mol. The Morgan fingerprint density at radius 3 is 2.38 bits per heavy atom. The van der Waals surface area contributed by atoms with E-state index in [9.17, 15) is 8.78 Å². The van der Waals surface area contributed by atoms with Crippen LogP contribution in [0, 0.1) is 17.6 Å². The first-order valence-electron chi connectivity index (χ1n) is 5.46. The first-order chi connectivity index (χ1) is 7.58. The van der Waals surface area contributed by atoms with Gasteiger partial charge in [-0.15, -0.1) is 0 Å². The third-order valence-electron chi connectivity index (χ3n) is 2.75. The van der Waals surface area contributed by atoms with Crippen molar-refractivity contribution in [2.24, 2.45) is 5.92 Å². The molecule has 0 bridgehead atoms. The number of hydrogen-bond acceptors (Lipinski definition) is 1. The van der Waals surface area contributed by atoms with Gasteiger partial charge in [-0.05, 0) is 27.9 Å². The van der Waals surface area contributed by atoms with E-state index in [4.69, 9.17) is 0 Å². The van der Waals surface area contributed by atoms with Crippen LogP contribution in [0.15, 0.2) is 16.6 Å². The third-order valence-corrected chi connectivity index (χ3v) is 3.35. The standard InChI is InChI=1S/C12H16BrF2N/c1-3-8(4-2)7-16-12-6-10(14)9(13)5-11(12)15/h5-6,8,16H,3-4,7H2,1-2H3. The van der Waals surface area contributed by atoms with Crippen molar-refractivity contribution in [2.75, 3.05) is 11.9 Å². The number of anilines is 1. The van der Waals surface area contributed by atoms with Gasteiger partial charge in [0.05, 0.1) is 10.2 Å². The average Bonchev–Trinajstić information content (AvgIpc) is 2.26. The fraction of sp³-hybridized carbons (Fsp3) is 0.500. The van der Waals surface area contributed by atoms with Crippen molar-refractivity contribution in [1.29, 1.82) is 0 Å². The average molecular weight is 292 g/mol. The molecule has 0 spiro atoms. The number of benzene rings is 1. The quantitative estimate of drug-likeness (QED) is 0.783. The maximum Gasteiger partial charge on any atom is 0.147 e. The molecule has 4 heteroatoms. The molecule has 1 aromatic carbocycles. The molecular weight excluding hydrogens is 276 g/mol. The summed E-state index contributed by atoms with van der Waals surface area (Å²) in [7, 11) is 0. The predicted octanol–water partition coefficient (Wildman–Crippen LogP) is 4.58. The maximum atomic E-state index is 13.4. The fourth-order valence-corrected chi connectivity index (χ4v) is 1.81. The molecule has 0 aromatic heterocycles. The summed E-state index contributed by atoms with van der Waals surface area (Å²) in [5.74, 6) is -0.390. The molecule has 16 heavy (non-hydrogen) atoms. The Hall–Kier alpha value is -0.640. The molecule has 0 aliphatic carbocycles. The van der Waals surface area contributed by atoms with Gasteiger partial charge < -0.3 is 5.32 Å². The van der Waals surface area contributed by atoms with E-state index in [1.54, 1.807) is 0 Å². The molecule has 0 unspecified atom stereocenters. The molecule has 90 valence electrons. The van der Waals surface area contributed by atoms with E-state index >= 15 is 0 Å². The van der Waals surface area contributed by atoms with Crippen LogP contribution in [0.3, 0.4) is 0 Å². The molecule has 1 aromatic rings. The van der Waals surface area contributed by atoms with Gasteiger partial charge in [0.15, 0.2) is 0 Å². The van der Waals surface area contributed by atoms with Crippen molar-refractivity contribution in [2.45, 2.75) is 26.7 Å². The number of halogens is 3. The van der Waals surface area contributed by atoms with Gasteiger partial charge in [-0.1, -0.05) is 26.7 Å². The van der Waals surface area contributed by atoms with Crippen molar-refractivity contribution < 1.29 is 8.78 Å². The van der Waals surface area contributed by atoms with E-state index in [-0.39, 0.29) is 10.2 Å². The van der Waals surface area contributed by atoms with Crippen molar-refractivity contribution in [1.82, 2.24) is 0 Å².